The molecule has 150 valence electrons. The maximum atomic E-state index is 12.0. The van der Waals surface area contributed by atoms with Gasteiger partial charge in [-0.15, -0.1) is 0 Å². The molecule has 0 atom stereocenters. The molecule has 0 bridgehead atoms. The second-order valence-corrected chi connectivity index (χ2v) is 7.93. The summed E-state index contributed by atoms with van der Waals surface area (Å²) >= 11 is 0. The lowest BCUT2D eigenvalue weighted by Gasteiger charge is -2.12. The molecule has 10 heteroatoms. The molecule has 9 nitrogen and oxygen atoms in total. The third kappa shape index (κ3) is 5.44. The molecule has 0 aliphatic carbocycles. The Hall–Kier alpha value is -3.11. The summed E-state index contributed by atoms with van der Waals surface area (Å²) in [7, 11) is 0.799. The number of nitrogens with one attached hydrogen (secondary N) is 2. The summed E-state index contributed by atoms with van der Waals surface area (Å²) in [5.41, 5.74) is 4.65. The molecule has 0 unspecified atom stereocenters. The van der Waals surface area contributed by atoms with Crippen LogP contribution < -0.4 is 20.3 Å². The van der Waals surface area contributed by atoms with Gasteiger partial charge < -0.3 is 9.47 Å². The van der Waals surface area contributed by atoms with Gasteiger partial charge in [0.2, 0.25) is 10.0 Å². The van der Waals surface area contributed by atoms with Crippen molar-refractivity contribution in [3.05, 3.63) is 54.1 Å². The topological polar surface area (TPSA) is 114 Å². The van der Waals surface area contributed by atoms with E-state index < -0.39 is 21.8 Å². The van der Waals surface area contributed by atoms with Crippen molar-refractivity contribution in [3.8, 4) is 11.5 Å². The summed E-state index contributed by atoms with van der Waals surface area (Å²) < 4.78 is 35.4. The first-order chi connectivity index (χ1) is 13.2. The van der Waals surface area contributed by atoms with Crippen molar-refractivity contribution < 1.29 is 27.5 Å². The van der Waals surface area contributed by atoms with Crippen molar-refractivity contribution in [2.75, 3.05) is 27.8 Å². The van der Waals surface area contributed by atoms with E-state index in [9.17, 15) is 18.0 Å². The highest BCUT2D eigenvalue weighted by Crippen LogP contribution is 2.17. The molecule has 0 heterocycles. The van der Waals surface area contributed by atoms with Crippen LogP contribution in [-0.4, -0.2) is 52.3 Å². The average Bonchev–Trinajstić information content (AvgIpc) is 2.70. The fraction of sp³-hybridized carbons (Fsp3) is 0.222. The zero-order valence-corrected chi connectivity index (χ0v) is 16.4. The summed E-state index contributed by atoms with van der Waals surface area (Å²) in [4.78, 5) is 23.9. The highest BCUT2D eigenvalue weighted by atomic mass is 32.2. The van der Waals surface area contributed by atoms with E-state index in [0.717, 1.165) is 4.31 Å². The molecule has 2 rings (SSSR count). The first-order valence-corrected chi connectivity index (χ1v) is 9.56. The zero-order chi connectivity index (χ0) is 20.7. The summed E-state index contributed by atoms with van der Waals surface area (Å²) in [6.07, 6.45) is 0. The van der Waals surface area contributed by atoms with Gasteiger partial charge in [0.1, 0.15) is 11.5 Å². The van der Waals surface area contributed by atoms with Gasteiger partial charge in [-0.2, -0.15) is 0 Å². The number of amides is 2. The maximum Gasteiger partial charge on any atom is 0.276 e. The van der Waals surface area contributed by atoms with E-state index in [1.165, 1.54) is 38.4 Å². The Morgan fingerprint density at radius 1 is 0.929 bits per heavy atom. The van der Waals surface area contributed by atoms with Gasteiger partial charge in [0, 0.05) is 19.7 Å². The minimum atomic E-state index is -3.58. The van der Waals surface area contributed by atoms with Crippen molar-refractivity contribution >= 4 is 21.8 Å². The summed E-state index contributed by atoms with van der Waals surface area (Å²) in [6.45, 7) is -0.299. The summed E-state index contributed by atoms with van der Waals surface area (Å²) in [5, 5.41) is 0. The number of rotatable bonds is 7. The molecule has 0 aliphatic rings. The van der Waals surface area contributed by atoms with Crippen LogP contribution >= 0.6 is 0 Å². The Morgan fingerprint density at radius 3 is 2.04 bits per heavy atom. The minimum Gasteiger partial charge on any atom is -0.497 e. The first kappa shape index (κ1) is 21.2. The number of benzene rings is 2. The number of methoxy groups -OCH3 is 1. The smallest absolute Gasteiger partial charge is 0.276 e. The van der Waals surface area contributed by atoms with E-state index >= 15 is 0 Å². The highest BCUT2D eigenvalue weighted by molar-refractivity contribution is 7.89. The summed E-state index contributed by atoms with van der Waals surface area (Å²) in [5.74, 6) is -0.0176. The van der Waals surface area contributed by atoms with Crippen molar-refractivity contribution in [2.45, 2.75) is 4.90 Å². The van der Waals surface area contributed by atoms with Crippen LogP contribution in [0, 0.1) is 0 Å². The molecule has 0 saturated carbocycles. The van der Waals surface area contributed by atoms with Crippen LogP contribution in [0.2, 0.25) is 0 Å². The zero-order valence-electron chi connectivity index (χ0n) is 15.6. The van der Waals surface area contributed by atoms with Crippen molar-refractivity contribution in [3.63, 3.8) is 0 Å². The quantitative estimate of drug-likeness (QED) is 0.656. The lowest BCUT2D eigenvalue weighted by molar-refractivity contribution is -0.123. The number of hydrazine groups is 1. The predicted molar refractivity (Wildman–Crippen MR) is 101 cm³/mol. The molecule has 0 radical (unpaired) electrons. The number of hydrogen-bond donors (Lipinski definition) is 2. The van der Waals surface area contributed by atoms with Gasteiger partial charge in [0.05, 0.1) is 12.0 Å². The van der Waals surface area contributed by atoms with Crippen LogP contribution in [0.1, 0.15) is 10.4 Å². The normalized spacial score (nSPS) is 11.0. The largest absolute Gasteiger partial charge is 0.497 e. The van der Waals surface area contributed by atoms with Gasteiger partial charge in [0.15, 0.2) is 6.61 Å². The van der Waals surface area contributed by atoms with E-state index in [0.29, 0.717) is 11.5 Å². The van der Waals surface area contributed by atoms with E-state index in [1.807, 2.05) is 0 Å². The Kier molecular flexibility index (Phi) is 6.96. The number of ether oxygens (including phenoxy) is 2. The van der Waals surface area contributed by atoms with Crippen LogP contribution in [0.15, 0.2) is 53.4 Å². The number of carbonyl (C=O) groups excluding carboxylic acids is 2. The lowest BCUT2D eigenvalue weighted by atomic mass is 10.2. The van der Waals surface area contributed by atoms with Crippen molar-refractivity contribution in [2.24, 2.45) is 0 Å². The third-order valence-corrected chi connectivity index (χ3v) is 5.47. The van der Waals surface area contributed by atoms with Crippen LogP contribution in [0.25, 0.3) is 0 Å². The van der Waals surface area contributed by atoms with Gasteiger partial charge in [-0.25, -0.2) is 12.7 Å². The Morgan fingerprint density at radius 2 is 1.50 bits per heavy atom. The molecule has 2 aromatic rings. The fourth-order valence-electron chi connectivity index (χ4n) is 2.04. The molecule has 28 heavy (non-hydrogen) atoms. The Bertz CT molecular complexity index is 925. The van der Waals surface area contributed by atoms with Gasteiger partial charge in [-0.05, 0) is 48.5 Å². The SMILES string of the molecule is COc1ccc(OCC(=O)NNC(=O)c2ccc(S(=O)(=O)N(C)C)cc2)cc1. The molecule has 2 N–H and O–H groups in total. The van der Waals surface area contributed by atoms with E-state index in [-0.39, 0.29) is 17.1 Å². The number of carbonyl (C=O) groups is 2. The number of sulfonamides is 1. The fourth-order valence-corrected chi connectivity index (χ4v) is 2.95. The Balaban J connectivity index is 1.84. The van der Waals surface area contributed by atoms with Gasteiger partial charge in [-0.1, -0.05) is 0 Å². The van der Waals surface area contributed by atoms with Crippen molar-refractivity contribution in [1.82, 2.24) is 15.2 Å². The molecule has 0 spiro atoms. The van der Waals surface area contributed by atoms with Crippen LogP contribution in [0.4, 0.5) is 0 Å². The molecule has 2 amide bonds. The van der Waals surface area contributed by atoms with Crippen LogP contribution in [0.5, 0.6) is 11.5 Å². The predicted octanol–water partition coefficient (Wildman–Crippen LogP) is 0.786. The molecule has 2 aromatic carbocycles. The number of nitrogens with zero attached hydrogens (tertiary/aromatic N) is 1. The molecule has 0 aliphatic heterocycles. The lowest BCUT2D eigenvalue weighted by Crippen LogP contribution is -2.43. The molecule has 0 aromatic heterocycles. The maximum absolute atomic E-state index is 12.0. The molecular weight excluding hydrogens is 386 g/mol. The minimum absolute atomic E-state index is 0.0611. The molecule has 0 fully saturated rings. The van der Waals surface area contributed by atoms with Gasteiger partial charge in [0.25, 0.3) is 11.8 Å². The van der Waals surface area contributed by atoms with Gasteiger partial charge >= 0.3 is 0 Å². The van der Waals surface area contributed by atoms with E-state index in [1.54, 1.807) is 31.4 Å². The van der Waals surface area contributed by atoms with Crippen LogP contribution in [0.3, 0.4) is 0 Å². The van der Waals surface area contributed by atoms with Gasteiger partial charge in [-0.3, -0.25) is 20.4 Å². The van der Waals surface area contributed by atoms with Crippen LogP contribution in [-0.2, 0) is 14.8 Å². The monoisotopic (exact) mass is 407 g/mol. The standard InChI is InChI=1S/C18H21N3O6S/c1-21(2)28(24,25)16-10-4-13(5-11-16)18(23)20-19-17(22)12-27-15-8-6-14(26-3)7-9-15/h4-11H,12H2,1-3H3,(H,19,22)(H,20,23). The second-order valence-electron chi connectivity index (χ2n) is 5.78. The highest BCUT2D eigenvalue weighted by Gasteiger charge is 2.17. The molecule has 0 saturated heterocycles. The van der Waals surface area contributed by atoms with E-state index in [2.05, 4.69) is 10.9 Å². The third-order valence-electron chi connectivity index (χ3n) is 3.64. The van der Waals surface area contributed by atoms with E-state index in [4.69, 9.17) is 9.47 Å². The Labute approximate surface area is 163 Å². The van der Waals surface area contributed by atoms with Crippen molar-refractivity contribution in [1.29, 1.82) is 0 Å². The summed E-state index contributed by atoms with van der Waals surface area (Å²) in [6, 6.07) is 12.0. The number of hydrogen-bond acceptors (Lipinski definition) is 6. The second kappa shape index (κ2) is 9.20. The molecular formula is C18H21N3O6S. The first-order valence-electron chi connectivity index (χ1n) is 8.12. The average molecular weight is 407 g/mol.